The van der Waals surface area contributed by atoms with Crippen molar-refractivity contribution in [2.45, 2.75) is 46.5 Å². The van der Waals surface area contributed by atoms with E-state index in [4.69, 9.17) is 0 Å². The number of rotatable bonds is 4. The maximum Gasteiger partial charge on any atom is 0.143 e. The van der Waals surface area contributed by atoms with Gasteiger partial charge in [-0.1, -0.05) is 58.9 Å². The summed E-state index contributed by atoms with van der Waals surface area (Å²) in [4.78, 5) is 0. The SMILES string of the molecule is CC(C)(C)CC(C)(C)c1ccc(O)c(N=Nc2ccccc2)c1. The average Bonchev–Trinajstić information content (AvgIpc) is 2.45. The minimum absolute atomic E-state index is 0.00294. The van der Waals surface area contributed by atoms with Gasteiger partial charge in [0.1, 0.15) is 11.4 Å². The van der Waals surface area contributed by atoms with Gasteiger partial charge in [-0.05, 0) is 47.1 Å². The first-order valence-electron chi connectivity index (χ1n) is 7.98. The Labute approximate surface area is 139 Å². The van der Waals surface area contributed by atoms with Crippen LogP contribution in [-0.2, 0) is 5.41 Å². The van der Waals surface area contributed by atoms with Gasteiger partial charge in [-0.2, -0.15) is 5.11 Å². The van der Waals surface area contributed by atoms with Crippen molar-refractivity contribution in [3.8, 4) is 5.75 Å². The van der Waals surface area contributed by atoms with Crippen molar-refractivity contribution >= 4 is 11.4 Å². The van der Waals surface area contributed by atoms with Gasteiger partial charge in [-0.15, -0.1) is 5.11 Å². The molecule has 2 aromatic rings. The molecule has 0 fully saturated rings. The van der Waals surface area contributed by atoms with E-state index in [-0.39, 0.29) is 16.6 Å². The molecule has 0 aliphatic carbocycles. The van der Waals surface area contributed by atoms with Crippen LogP contribution in [0.2, 0.25) is 0 Å². The van der Waals surface area contributed by atoms with Gasteiger partial charge in [0.05, 0.1) is 5.69 Å². The Morgan fingerprint density at radius 2 is 1.52 bits per heavy atom. The fourth-order valence-corrected chi connectivity index (χ4v) is 3.06. The molecule has 3 nitrogen and oxygen atoms in total. The van der Waals surface area contributed by atoms with Crippen LogP contribution in [0.25, 0.3) is 0 Å². The summed E-state index contributed by atoms with van der Waals surface area (Å²) in [5.74, 6) is 0.153. The van der Waals surface area contributed by atoms with Gasteiger partial charge in [0, 0.05) is 0 Å². The normalized spacial score (nSPS) is 12.7. The van der Waals surface area contributed by atoms with Crippen molar-refractivity contribution in [1.82, 2.24) is 0 Å². The third-order valence-electron chi connectivity index (χ3n) is 3.76. The van der Waals surface area contributed by atoms with Crippen LogP contribution in [0, 0.1) is 5.41 Å². The molecule has 0 aliphatic heterocycles. The number of azo groups is 1. The highest BCUT2D eigenvalue weighted by atomic mass is 16.3. The van der Waals surface area contributed by atoms with Crippen LogP contribution in [0.1, 0.15) is 46.6 Å². The number of nitrogens with zero attached hydrogens (tertiary/aromatic N) is 2. The number of hydrogen-bond donors (Lipinski definition) is 1. The number of hydrogen-bond acceptors (Lipinski definition) is 3. The summed E-state index contributed by atoms with van der Waals surface area (Å²) in [5, 5.41) is 18.5. The molecule has 0 saturated heterocycles. The van der Waals surface area contributed by atoms with Crippen LogP contribution in [0.5, 0.6) is 5.75 Å². The molecule has 0 atom stereocenters. The molecule has 2 rings (SSSR count). The zero-order valence-corrected chi connectivity index (χ0v) is 14.7. The van der Waals surface area contributed by atoms with E-state index in [1.54, 1.807) is 6.07 Å². The van der Waals surface area contributed by atoms with Crippen molar-refractivity contribution in [2.24, 2.45) is 15.6 Å². The third-order valence-corrected chi connectivity index (χ3v) is 3.76. The first-order valence-corrected chi connectivity index (χ1v) is 7.98. The van der Waals surface area contributed by atoms with E-state index in [0.717, 1.165) is 17.7 Å². The molecule has 0 heterocycles. The smallest absolute Gasteiger partial charge is 0.143 e. The Kier molecular flexibility index (Phi) is 4.88. The first-order chi connectivity index (χ1) is 10.7. The maximum atomic E-state index is 10.1. The van der Waals surface area contributed by atoms with Crippen molar-refractivity contribution in [3.05, 3.63) is 54.1 Å². The fourth-order valence-electron chi connectivity index (χ4n) is 3.06. The highest BCUT2D eigenvalue weighted by Gasteiger charge is 2.27. The quantitative estimate of drug-likeness (QED) is 0.642. The van der Waals surface area contributed by atoms with Gasteiger partial charge in [0.25, 0.3) is 0 Å². The van der Waals surface area contributed by atoms with Crippen LogP contribution in [0.3, 0.4) is 0 Å². The van der Waals surface area contributed by atoms with Crippen molar-refractivity contribution in [2.75, 3.05) is 0 Å². The Hall–Kier alpha value is -2.16. The number of phenols is 1. The minimum atomic E-state index is 0.00294. The summed E-state index contributed by atoms with van der Waals surface area (Å²) < 4.78 is 0. The van der Waals surface area contributed by atoms with Crippen molar-refractivity contribution in [1.29, 1.82) is 0 Å². The molecule has 0 radical (unpaired) electrons. The van der Waals surface area contributed by atoms with Crippen LogP contribution >= 0.6 is 0 Å². The number of aromatic hydroxyl groups is 1. The van der Waals surface area contributed by atoms with E-state index in [1.165, 1.54) is 0 Å². The van der Waals surface area contributed by atoms with E-state index in [0.29, 0.717) is 5.69 Å². The average molecular weight is 310 g/mol. The monoisotopic (exact) mass is 310 g/mol. The zero-order valence-electron chi connectivity index (χ0n) is 14.7. The van der Waals surface area contributed by atoms with Crippen molar-refractivity contribution < 1.29 is 5.11 Å². The minimum Gasteiger partial charge on any atom is -0.506 e. The predicted molar refractivity (Wildman–Crippen MR) is 95.8 cm³/mol. The first kappa shape index (κ1) is 17.2. The molecule has 0 aromatic heterocycles. The molecular weight excluding hydrogens is 284 g/mol. The van der Waals surface area contributed by atoms with E-state index in [1.807, 2.05) is 42.5 Å². The van der Waals surface area contributed by atoms with Gasteiger partial charge in [-0.25, -0.2) is 0 Å². The van der Waals surface area contributed by atoms with Crippen molar-refractivity contribution in [3.63, 3.8) is 0 Å². The molecule has 0 aliphatic rings. The second-order valence-corrected chi connectivity index (χ2v) is 7.86. The molecule has 122 valence electrons. The summed E-state index contributed by atoms with van der Waals surface area (Å²) >= 11 is 0. The number of phenolic OH excluding ortho intramolecular Hbond substituents is 1. The zero-order chi connectivity index (χ0) is 17.1. The molecule has 23 heavy (non-hydrogen) atoms. The molecule has 0 amide bonds. The second-order valence-electron chi connectivity index (χ2n) is 7.86. The molecule has 0 bridgehead atoms. The number of benzene rings is 2. The Morgan fingerprint density at radius 1 is 0.870 bits per heavy atom. The highest BCUT2D eigenvalue weighted by molar-refractivity contribution is 5.54. The molecular formula is C20H26N2O. The topological polar surface area (TPSA) is 45.0 Å². The van der Waals surface area contributed by atoms with E-state index < -0.39 is 0 Å². The lowest BCUT2D eigenvalue weighted by molar-refractivity contribution is 0.284. The lowest BCUT2D eigenvalue weighted by Crippen LogP contribution is -2.24. The summed E-state index contributed by atoms with van der Waals surface area (Å²) in [6.45, 7) is 11.2. The molecule has 1 N–H and O–H groups in total. The largest absolute Gasteiger partial charge is 0.506 e. The summed E-state index contributed by atoms with van der Waals surface area (Å²) in [6, 6.07) is 15.2. The summed E-state index contributed by atoms with van der Waals surface area (Å²) in [6.07, 6.45) is 1.04. The van der Waals surface area contributed by atoms with E-state index in [9.17, 15) is 5.11 Å². The Bertz CT molecular complexity index is 683. The van der Waals surface area contributed by atoms with Gasteiger partial charge >= 0.3 is 0 Å². The summed E-state index contributed by atoms with van der Waals surface area (Å²) in [7, 11) is 0. The third kappa shape index (κ3) is 4.92. The van der Waals surface area contributed by atoms with Gasteiger partial charge < -0.3 is 5.11 Å². The Morgan fingerprint density at radius 3 is 2.13 bits per heavy atom. The lowest BCUT2D eigenvalue weighted by atomic mass is 9.72. The Balaban J connectivity index is 2.30. The van der Waals surface area contributed by atoms with Gasteiger partial charge in [0.15, 0.2) is 0 Å². The van der Waals surface area contributed by atoms with Crippen LogP contribution in [0.4, 0.5) is 11.4 Å². The maximum absolute atomic E-state index is 10.1. The molecule has 0 spiro atoms. The van der Waals surface area contributed by atoms with Crippen LogP contribution < -0.4 is 0 Å². The molecule has 0 saturated carbocycles. The van der Waals surface area contributed by atoms with E-state index in [2.05, 4.69) is 44.8 Å². The molecule has 3 heteroatoms. The van der Waals surface area contributed by atoms with Gasteiger partial charge in [0.2, 0.25) is 0 Å². The van der Waals surface area contributed by atoms with Gasteiger partial charge in [-0.3, -0.25) is 0 Å². The van der Waals surface area contributed by atoms with Crippen LogP contribution in [-0.4, -0.2) is 5.11 Å². The molecule has 2 aromatic carbocycles. The second kappa shape index (κ2) is 6.53. The lowest BCUT2D eigenvalue weighted by Gasteiger charge is -2.33. The standard InChI is InChI=1S/C20H26N2O/c1-19(2,3)14-20(4,5)15-11-12-18(23)17(13-15)22-21-16-9-7-6-8-10-16/h6-13,23H,14H2,1-5H3. The fraction of sp³-hybridized carbons (Fsp3) is 0.400. The molecule has 0 unspecified atom stereocenters. The van der Waals surface area contributed by atoms with Crippen LogP contribution in [0.15, 0.2) is 58.8 Å². The summed E-state index contributed by atoms with van der Waals surface area (Å²) in [5.41, 5.74) is 2.67. The highest BCUT2D eigenvalue weighted by Crippen LogP contribution is 2.39. The predicted octanol–water partition coefficient (Wildman–Crippen LogP) is 6.52. The van der Waals surface area contributed by atoms with E-state index >= 15 is 0 Å².